The van der Waals surface area contributed by atoms with E-state index >= 15 is 0 Å². The average molecular weight is 344 g/mol. The maximum atomic E-state index is 12.3. The highest BCUT2D eigenvalue weighted by Crippen LogP contribution is 2.23. The Balaban J connectivity index is 1.53. The Hall–Kier alpha value is -3.67. The quantitative estimate of drug-likeness (QED) is 0.434. The number of rotatable bonds is 4. The minimum absolute atomic E-state index is 0.337. The van der Waals surface area contributed by atoms with Crippen LogP contribution in [0.3, 0.4) is 0 Å². The molecule has 0 unspecified atom stereocenters. The van der Waals surface area contributed by atoms with Crippen LogP contribution in [-0.2, 0) is 0 Å². The highest BCUT2D eigenvalue weighted by Gasteiger charge is 2.11. The maximum Gasteiger partial charge on any atom is 0.289 e. The van der Waals surface area contributed by atoms with Gasteiger partial charge in [-0.25, -0.2) is 5.43 Å². The first kappa shape index (κ1) is 15.8. The summed E-state index contributed by atoms with van der Waals surface area (Å²) < 4.78 is 5.23. The standard InChI is InChI=1S/C20H16N4O2/c1-13(19-7-4-10-26-19)21-24-20(25)18-12-17(22-23-18)16-9-8-14-5-2-3-6-15(14)11-16/h2-12H,1H3,(H,22,23)(H,24,25)/b21-13+. The normalized spacial score (nSPS) is 11.7. The van der Waals surface area contributed by atoms with Crippen LogP contribution < -0.4 is 5.43 Å². The van der Waals surface area contributed by atoms with Gasteiger partial charge >= 0.3 is 0 Å². The number of carbonyl (C=O) groups is 1. The Kier molecular flexibility index (Phi) is 4.07. The summed E-state index contributed by atoms with van der Waals surface area (Å²) in [6.07, 6.45) is 1.56. The molecule has 4 rings (SSSR count). The molecular formula is C20H16N4O2. The van der Waals surface area contributed by atoms with Crippen LogP contribution in [0.15, 0.2) is 76.4 Å². The topological polar surface area (TPSA) is 83.3 Å². The van der Waals surface area contributed by atoms with Crippen LogP contribution >= 0.6 is 0 Å². The van der Waals surface area contributed by atoms with Crippen molar-refractivity contribution < 1.29 is 9.21 Å². The van der Waals surface area contributed by atoms with Crippen molar-refractivity contribution in [3.63, 3.8) is 0 Å². The first-order valence-electron chi connectivity index (χ1n) is 8.14. The summed E-state index contributed by atoms with van der Waals surface area (Å²) in [4.78, 5) is 12.3. The van der Waals surface area contributed by atoms with Crippen molar-refractivity contribution in [2.75, 3.05) is 0 Å². The summed E-state index contributed by atoms with van der Waals surface area (Å²) in [7, 11) is 0. The van der Waals surface area contributed by atoms with E-state index in [-0.39, 0.29) is 5.91 Å². The second-order valence-electron chi connectivity index (χ2n) is 5.84. The van der Waals surface area contributed by atoms with Crippen LogP contribution in [0.5, 0.6) is 0 Å². The smallest absolute Gasteiger partial charge is 0.289 e. The first-order chi connectivity index (χ1) is 12.7. The minimum Gasteiger partial charge on any atom is -0.463 e. The predicted molar refractivity (Wildman–Crippen MR) is 99.9 cm³/mol. The van der Waals surface area contributed by atoms with Crippen molar-refractivity contribution in [1.29, 1.82) is 0 Å². The van der Waals surface area contributed by atoms with E-state index in [1.54, 1.807) is 31.4 Å². The highest BCUT2D eigenvalue weighted by molar-refractivity contribution is 5.99. The third kappa shape index (κ3) is 3.12. The van der Waals surface area contributed by atoms with Gasteiger partial charge in [0.1, 0.15) is 17.2 Å². The van der Waals surface area contributed by atoms with E-state index in [0.717, 1.165) is 16.3 Å². The van der Waals surface area contributed by atoms with Gasteiger partial charge in [-0.05, 0) is 42.0 Å². The molecule has 0 atom stereocenters. The number of hydrogen-bond acceptors (Lipinski definition) is 4. The number of furan rings is 1. The molecule has 0 fully saturated rings. The van der Waals surface area contributed by atoms with Gasteiger partial charge in [0, 0.05) is 5.56 Å². The van der Waals surface area contributed by atoms with E-state index < -0.39 is 0 Å². The molecule has 2 aromatic carbocycles. The molecule has 0 spiro atoms. The van der Waals surface area contributed by atoms with E-state index in [2.05, 4.69) is 26.8 Å². The Bertz CT molecular complexity index is 1090. The van der Waals surface area contributed by atoms with E-state index in [1.807, 2.05) is 36.4 Å². The van der Waals surface area contributed by atoms with E-state index in [4.69, 9.17) is 4.42 Å². The lowest BCUT2D eigenvalue weighted by Crippen LogP contribution is -2.19. The van der Waals surface area contributed by atoms with Gasteiger partial charge in [0.25, 0.3) is 5.91 Å². The van der Waals surface area contributed by atoms with Crippen molar-refractivity contribution in [2.45, 2.75) is 6.92 Å². The predicted octanol–water partition coefficient (Wildman–Crippen LogP) is 3.98. The monoisotopic (exact) mass is 344 g/mol. The van der Waals surface area contributed by atoms with E-state index in [9.17, 15) is 4.79 Å². The maximum absolute atomic E-state index is 12.3. The summed E-state index contributed by atoms with van der Waals surface area (Å²) in [5.41, 5.74) is 5.06. The molecule has 0 saturated carbocycles. The van der Waals surface area contributed by atoms with E-state index in [1.165, 1.54) is 0 Å². The van der Waals surface area contributed by atoms with Gasteiger partial charge in [-0.3, -0.25) is 9.89 Å². The van der Waals surface area contributed by atoms with Crippen LogP contribution in [-0.4, -0.2) is 21.8 Å². The lowest BCUT2D eigenvalue weighted by atomic mass is 10.1. The Morgan fingerprint density at radius 3 is 2.73 bits per heavy atom. The van der Waals surface area contributed by atoms with Crippen LogP contribution in [0.2, 0.25) is 0 Å². The van der Waals surface area contributed by atoms with Crippen molar-refractivity contribution in [3.8, 4) is 11.3 Å². The van der Waals surface area contributed by atoms with Crippen molar-refractivity contribution >= 4 is 22.4 Å². The third-order valence-corrected chi connectivity index (χ3v) is 4.07. The summed E-state index contributed by atoms with van der Waals surface area (Å²) in [5.74, 6) is 0.238. The molecule has 0 saturated heterocycles. The van der Waals surface area contributed by atoms with Gasteiger partial charge < -0.3 is 4.42 Å². The molecule has 0 aliphatic heterocycles. The fraction of sp³-hybridized carbons (Fsp3) is 0.0500. The molecule has 1 amide bonds. The number of fused-ring (bicyclic) bond motifs is 1. The lowest BCUT2D eigenvalue weighted by molar-refractivity contribution is 0.0950. The minimum atomic E-state index is -0.365. The number of aromatic nitrogens is 2. The number of nitrogens with one attached hydrogen (secondary N) is 2. The molecule has 6 heteroatoms. The SMILES string of the molecule is C/C(=N\NC(=O)c1cc(-c2ccc3ccccc3c2)n[nH]1)c1ccco1. The van der Waals surface area contributed by atoms with Gasteiger partial charge in [0.05, 0.1) is 12.0 Å². The molecule has 26 heavy (non-hydrogen) atoms. The van der Waals surface area contributed by atoms with Crippen molar-refractivity contribution in [3.05, 3.63) is 78.4 Å². The zero-order valence-electron chi connectivity index (χ0n) is 14.1. The van der Waals surface area contributed by atoms with Crippen molar-refractivity contribution in [2.24, 2.45) is 5.10 Å². The highest BCUT2D eigenvalue weighted by atomic mass is 16.3. The number of carbonyl (C=O) groups excluding carboxylic acids is 1. The molecule has 2 heterocycles. The molecule has 2 N–H and O–H groups in total. The van der Waals surface area contributed by atoms with Crippen LogP contribution in [0, 0.1) is 0 Å². The average Bonchev–Trinajstić information content (AvgIpc) is 3.37. The number of hydrogen-bond donors (Lipinski definition) is 2. The van der Waals surface area contributed by atoms with Gasteiger partial charge in [-0.15, -0.1) is 0 Å². The zero-order valence-corrected chi connectivity index (χ0v) is 14.1. The third-order valence-electron chi connectivity index (χ3n) is 4.07. The summed E-state index contributed by atoms with van der Waals surface area (Å²) in [6.45, 7) is 1.76. The number of hydrazone groups is 1. The van der Waals surface area contributed by atoms with Gasteiger partial charge in [-0.1, -0.05) is 36.4 Å². The zero-order chi connectivity index (χ0) is 17.9. The molecule has 0 aliphatic rings. The van der Waals surface area contributed by atoms with Gasteiger partial charge in [-0.2, -0.15) is 10.2 Å². The van der Waals surface area contributed by atoms with E-state index in [0.29, 0.717) is 22.9 Å². The summed E-state index contributed by atoms with van der Waals surface area (Å²) in [5, 5.41) is 13.3. The molecule has 4 aromatic rings. The van der Waals surface area contributed by atoms with Gasteiger partial charge in [0.2, 0.25) is 0 Å². The Morgan fingerprint density at radius 1 is 1.08 bits per heavy atom. The number of nitrogens with zero attached hydrogens (tertiary/aromatic N) is 2. The fourth-order valence-electron chi connectivity index (χ4n) is 2.67. The number of benzene rings is 2. The number of amides is 1. The van der Waals surface area contributed by atoms with Crippen LogP contribution in [0.25, 0.3) is 22.0 Å². The van der Waals surface area contributed by atoms with Crippen LogP contribution in [0.4, 0.5) is 0 Å². The largest absolute Gasteiger partial charge is 0.463 e. The lowest BCUT2D eigenvalue weighted by Gasteiger charge is -2.00. The fourth-order valence-corrected chi connectivity index (χ4v) is 2.67. The second kappa shape index (κ2) is 6.68. The second-order valence-corrected chi connectivity index (χ2v) is 5.84. The molecule has 0 aliphatic carbocycles. The molecule has 2 aromatic heterocycles. The van der Waals surface area contributed by atoms with Gasteiger partial charge in [0.15, 0.2) is 0 Å². The molecular weight excluding hydrogens is 328 g/mol. The molecule has 0 bridgehead atoms. The number of H-pyrrole nitrogens is 1. The molecule has 128 valence electrons. The Morgan fingerprint density at radius 2 is 1.92 bits per heavy atom. The van der Waals surface area contributed by atoms with Crippen LogP contribution in [0.1, 0.15) is 23.2 Å². The van der Waals surface area contributed by atoms with Crippen molar-refractivity contribution in [1.82, 2.24) is 15.6 Å². The summed E-state index contributed by atoms with van der Waals surface area (Å²) in [6, 6.07) is 19.4. The Labute approximate surface area is 149 Å². The first-order valence-corrected chi connectivity index (χ1v) is 8.14. The summed E-state index contributed by atoms with van der Waals surface area (Å²) >= 11 is 0. The number of aromatic amines is 1. The molecule has 6 nitrogen and oxygen atoms in total. The molecule has 0 radical (unpaired) electrons.